The summed E-state index contributed by atoms with van der Waals surface area (Å²) in [5.74, 6) is 2.38. The molecule has 2 aliphatic heterocycles. The van der Waals surface area contributed by atoms with Gasteiger partial charge in [-0.2, -0.15) is 0 Å². The SMILES string of the molecule is Cc1ccc(CN2CCc3nnc(CCNC(=O)C4CCCN(C)C4)n3CC2)s1. The van der Waals surface area contributed by atoms with E-state index in [1.165, 1.54) is 9.75 Å². The standard InChI is InChI=1S/C21H32N6OS/c1-16-5-6-18(29-16)15-26-11-8-20-24-23-19(27(20)13-12-26)7-9-22-21(28)17-4-3-10-25(2)14-17/h5-6,17H,3-4,7-15H2,1-2H3,(H,22,28). The lowest BCUT2D eigenvalue weighted by Crippen LogP contribution is -2.42. The van der Waals surface area contributed by atoms with E-state index in [1.807, 2.05) is 11.3 Å². The average Bonchev–Trinajstić information content (AvgIpc) is 3.23. The molecule has 0 aliphatic carbocycles. The molecular formula is C21H32N6OS. The summed E-state index contributed by atoms with van der Waals surface area (Å²) in [5, 5.41) is 12.0. The molecule has 1 saturated heterocycles. The lowest BCUT2D eigenvalue weighted by Gasteiger charge is -2.28. The number of aryl methyl sites for hydroxylation is 1. The summed E-state index contributed by atoms with van der Waals surface area (Å²) < 4.78 is 2.26. The molecule has 4 heterocycles. The van der Waals surface area contributed by atoms with Gasteiger partial charge in [0.2, 0.25) is 5.91 Å². The number of aromatic nitrogens is 3. The molecule has 1 amide bonds. The molecule has 1 fully saturated rings. The Morgan fingerprint density at radius 3 is 2.93 bits per heavy atom. The van der Waals surface area contributed by atoms with E-state index < -0.39 is 0 Å². The molecule has 0 bridgehead atoms. The van der Waals surface area contributed by atoms with Crippen LogP contribution in [0.4, 0.5) is 0 Å². The number of hydrogen-bond donors (Lipinski definition) is 1. The maximum absolute atomic E-state index is 12.4. The van der Waals surface area contributed by atoms with Crippen LogP contribution in [0.5, 0.6) is 0 Å². The van der Waals surface area contributed by atoms with Gasteiger partial charge < -0.3 is 14.8 Å². The molecule has 2 aliphatic rings. The highest BCUT2D eigenvalue weighted by molar-refractivity contribution is 7.11. The van der Waals surface area contributed by atoms with E-state index in [0.717, 1.165) is 76.6 Å². The van der Waals surface area contributed by atoms with Gasteiger partial charge in [0.15, 0.2) is 0 Å². The van der Waals surface area contributed by atoms with Crippen molar-refractivity contribution in [3.63, 3.8) is 0 Å². The largest absolute Gasteiger partial charge is 0.355 e. The molecule has 0 aromatic carbocycles. The van der Waals surface area contributed by atoms with E-state index >= 15 is 0 Å². The molecule has 0 saturated carbocycles. The number of hydrogen-bond acceptors (Lipinski definition) is 6. The Balaban J connectivity index is 1.27. The number of piperidine rings is 1. The number of carbonyl (C=O) groups excluding carboxylic acids is 1. The van der Waals surface area contributed by atoms with E-state index in [1.54, 1.807) is 0 Å². The molecule has 158 valence electrons. The highest BCUT2D eigenvalue weighted by atomic mass is 32.1. The van der Waals surface area contributed by atoms with Gasteiger partial charge in [0.1, 0.15) is 11.6 Å². The van der Waals surface area contributed by atoms with E-state index in [-0.39, 0.29) is 11.8 Å². The number of nitrogens with zero attached hydrogens (tertiary/aromatic N) is 5. The Bertz CT molecular complexity index is 831. The van der Waals surface area contributed by atoms with Crippen molar-refractivity contribution in [3.05, 3.63) is 33.5 Å². The molecule has 1 N–H and O–H groups in total. The summed E-state index contributed by atoms with van der Waals surface area (Å²) in [4.78, 5) is 20.0. The first-order chi connectivity index (χ1) is 14.1. The van der Waals surface area contributed by atoms with Crippen molar-refractivity contribution in [1.82, 2.24) is 29.9 Å². The van der Waals surface area contributed by atoms with Crippen molar-refractivity contribution >= 4 is 17.2 Å². The minimum absolute atomic E-state index is 0.124. The van der Waals surface area contributed by atoms with Gasteiger partial charge in [-0.05, 0) is 45.5 Å². The quantitative estimate of drug-likeness (QED) is 0.777. The number of rotatable bonds is 6. The van der Waals surface area contributed by atoms with Gasteiger partial charge in [0, 0.05) is 61.9 Å². The molecule has 0 spiro atoms. The first-order valence-corrected chi connectivity index (χ1v) is 11.5. The van der Waals surface area contributed by atoms with E-state index in [9.17, 15) is 4.79 Å². The van der Waals surface area contributed by atoms with Crippen molar-refractivity contribution in [1.29, 1.82) is 0 Å². The molecule has 7 nitrogen and oxygen atoms in total. The van der Waals surface area contributed by atoms with Gasteiger partial charge in [0.05, 0.1) is 5.92 Å². The topological polar surface area (TPSA) is 66.3 Å². The van der Waals surface area contributed by atoms with Crippen molar-refractivity contribution in [2.75, 3.05) is 39.8 Å². The van der Waals surface area contributed by atoms with Crippen molar-refractivity contribution in [2.45, 2.75) is 45.7 Å². The van der Waals surface area contributed by atoms with Crippen LogP contribution in [0, 0.1) is 12.8 Å². The van der Waals surface area contributed by atoms with Crippen molar-refractivity contribution in [2.24, 2.45) is 5.92 Å². The molecule has 29 heavy (non-hydrogen) atoms. The van der Waals surface area contributed by atoms with Crippen LogP contribution in [-0.4, -0.2) is 70.2 Å². The Hall–Kier alpha value is -1.77. The smallest absolute Gasteiger partial charge is 0.224 e. The minimum atomic E-state index is 0.124. The van der Waals surface area contributed by atoms with Crippen LogP contribution in [-0.2, 0) is 30.7 Å². The second-order valence-corrected chi connectivity index (χ2v) is 9.74. The molecule has 8 heteroatoms. The lowest BCUT2D eigenvalue weighted by molar-refractivity contribution is -0.126. The Kier molecular flexibility index (Phi) is 6.62. The van der Waals surface area contributed by atoms with Crippen molar-refractivity contribution in [3.8, 4) is 0 Å². The Morgan fingerprint density at radius 1 is 1.24 bits per heavy atom. The van der Waals surface area contributed by atoms with Gasteiger partial charge in [-0.3, -0.25) is 9.69 Å². The fourth-order valence-corrected chi connectivity index (χ4v) is 5.32. The second kappa shape index (κ2) is 9.36. The molecule has 1 unspecified atom stereocenters. The maximum atomic E-state index is 12.4. The predicted octanol–water partition coefficient (Wildman–Crippen LogP) is 1.71. The Labute approximate surface area is 177 Å². The third kappa shape index (κ3) is 5.24. The van der Waals surface area contributed by atoms with E-state index in [0.29, 0.717) is 6.54 Å². The van der Waals surface area contributed by atoms with Crippen LogP contribution >= 0.6 is 11.3 Å². The van der Waals surface area contributed by atoms with Crippen LogP contribution in [0.15, 0.2) is 12.1 Å². The minimum Gasteiger partial charge on any atom is -0.355 e. The summed E-state index contributed by atoms with van der Waals surface area (Å²) in [6, 6.07) is 4.44. The fraction of sp³-hybridized carbons (Fsp3) is 0.667. The molecule has 0 radical (unpaired) electrons. The van der Waals surface area contributed by atoms with E-state index in [2.05, 4.69) is 56.0 Å². The predicted molar refractivity (Wildman–Crippen MR) is 115 cm³/mol. The fourth-order valence-electron chi connectivity index (χ4n) is 4.38. The van der Waals surface area contributed by atoms with Crippen LogP contribution in [0.1, 0.15) is 34.2 Å². The highest BCUT2D eigenvalue weighted by Crippen LogP contribution is 2.19. The van der Waals surface area contributed by atoms with Crippen LogP contribution in [0.2, 0.25) is 0 Å². The number of fused-ring (bicyclic) bond motifs is 1. The van der Waals surface area contributed by atoms with Gasteiger partial charge in [-0.25, -0.2) is 0 Å². The van der Waals surface area contributed by atoms with Gasteiger partial charge in [-0.1, -0.05) is 0 Å². The summed E-state index contributed by atoms with van der Waals surface area (Å²) >= 11 is 1.88. The molecule has 2 aromatic heterocycles. The van der Waals surface area contributed by atoms with E-state index in [4.69, 9.17) is 0 Å². The molecule has 4 rings (SSSR count). The number of nitrogens with one attached hydrogen (secondary N) is 1. The first-order valence-electron chi connectivity index (χ1n) is 10.7. The third-order valence-corrected chi connectivity index (χ3v) is 7.00. The Morgan fingerprint density at radius 2 is 2.14 bits per heavy atom. The number of likely N-dealkylation sites (tertiary alicyclic amines) is 1. The molecule has 1 atom stereocenters. The number of amides is 1. The molecule has 2 aromatic rings. The second-order valence-electron chi connectivity index (χ2n) is 8.37. The van der Waals surface area contributed by atoms with Crippen molar-refractivity contribution < 1.29 is 4.79 Å². The summed E-state index contributed by atoms with van der Waals surface area (Å²) in [6.07, 6.45) is 3.77. The third-order valence-electron chi connectivity index (χ3n) is 6.01. The monoisotopic (exact) mass is 416 g/mol. The molecular weight excluding hydrogens is 384 g/mol. The first kappa shape index (κ1) is 20.5. The maximum Gasteiger partial charge on any atom is 0.224 e. The van der Waals surface area contributed by atoms with Crippen LogP contribution in [0.25, 0.3) is 0 Å². The average molecular weight is 417 g/mol. The zero-order chi connectivity index (χ0) is 20.2. The zero-order valence-electron chi connectivity index (χ0n) is 17.6. The highest BCUT2D eigenvalue weighted by Gasteiger charge is 2.24. The zero-order valence-corrected chi connectivity index (χ0v) is 18.4. The van der Waals surface area contributed by atoms with Gasteiger partial charge in [-0.15, -0.1) is 21.5 Å². The summed E-state index contributed by atoms with van der Waals surface area (Å²) in [6.45, 7) is 8.72. The number of thiophene rings is 1. The summed E-state index contributed by atoms with van der Waals surface area (Å²) in [7, 11) is 2.09. The van der Waals surface area contributed by atoms with Gasteiger partial charge in [0.25, 0.3) is 0 Å². The number of carbonyl (C=O) groups is 1. The lowest BCUT2D eigenvalue weighted by atomic mass is 9.97. The van der Waals surface area contributed by atoms with Crippen LogP contribution in [0.3, 0.4) is 0 Å². The normalized spacial score (nSPS) is 21.0. The van der Waals surface area contributed by atoms with Gasteiger partial charge >= 0.3 is 0 Å². The van der Waals surface area contributed by atoms with Crippen LogP contribution < -0.4 is 5.32 Å². The summed E-state index contributed by atoms with van der Waals surface area (Å²) in [5.41, 5.74) is 0.